The van der Waals surface area contributed by atoms with Gasteiger partial charge in [-0.1, -0.05) is 6.07 Å². The molecular weight excluding hydrogens is 280 g/mol. The molecule has 1 aromatic heterocycles. The highest BCUT2D eigenvalue weighted by molar-refractivity contribution is 7.88. The fourth-order valence-corrected chi connectivity index (χ4v) is 3.53. The van der Waals surface area contributed by atoms with Crippen molar-refractivity contribution < 1.29 is 9.00 Å². The summed E-state index contributed by atoms with van der Waals surface area (Å²) in [7, 11) is 0.388. The largest absolute Gasteiger partial charge is 0.399 e. The van der Waals surface area contributed by atoms with Crippen molar-refractivity contribution in [1.29, 1.82) is 0 Å². The summed E-state index contributed by atoms with van der Waals surface area (Å²) in [6.07, 6.45) is 0. The number of carbonyl (C=O) groups is 1. The van der Waals surface area contributed by atoms with E-state index < -0.39 is 10.8 Å². The van der Waals surface area contributed by atoms with Crippen LogP contribution in [0.2, 0.25) is 0 Å². The Bertz CT molecular complexity index is 579. The maximum absolute atomic E-state index is 12.0. The fraction of sp³-hybridized carbons (Fsp3) is 0.154. The summed E-state index contributed by atoms with van der Waals surface area (Å²) >= 11 is 1.40. The molecular formula is C13H14N2O2S2. The van der Waals surface area contributed by atoms with Crippen molar-refractivity contribution in [2.24, 2.45) is 0 Å². The number of hydrogen-bond acceptors (Lipinski definition) is 4. The van der Waals surface area contributed by atoms with Crippen molar-refractivity contribution in [1.82, 2.24) is 0 Å². The second-order valence-electron chi connectivity index (χ2n) is 3.97. The smallest absolute Gasteiger partial charge is 0.239 e. The molecule has 0 bridgehead atoms. The molecule has 0 aliphatic rings. The lowest BCUT2D eigenvalue weighted by atomic mass is 10.2. The van der Waals surface area contributed by atoms with Gasteiger partial charge in [-0.25, -0.2) is 0 Å². The van der Waals surface area contributed by atoms with Crippen molar-refractivity contribution in [2.75, 3.05) is 23.4 Å². The van der Waals surface area contributed by atoms with E-state index in [0.717, 1.165) is 9.90 Å². The molecule has 0 saturated heterocycles. The zero-order valence-electron chi connectivity index (χ0n) is 10.4. The summed E-state index contributed by atoms with van der Waals surface area (Å²) in [6, 6.07) is 10.6. The minimum atomic E-state index is -1.28. The van der Waals surface area contributed by atoms with Crippen LogP contribution in [0, 0.1) is 0 Å². The third kappa shape index (κ3) is 3.42. The Labute approximate surface area is 118 Å². The molecule has 2 aromatic rings. The summed E-state index contributed by atoms with van der Waals surface area (Å²) in [5.74, 6) is -0.196. The van der Waals surface area contributed by atoms with Gasteiger partial charge in [0, 0.05) is 18.4 Å². The molecule has 0 aliphatic heterocycles. The van der Waals surface area contributed by atoms with Crippen LogP contribution in [0.15, 0.2) is 46.0 Å². The van der Waals surface area contributed by atoms with Gasteiger partial charge in [-0.15, -0.1) is 11.3 Å². The lowest BCUT2D eigenvalue weighted by Gasteiger charge is -2.17. The highest BCUT2D eigenvalue weighted by Crippen LogP contribution is 2.17. The number of hydrogen-bond donors (Lipinski definition) is 1. The van der Waals surface area contributed by atoms with Gasteiger partial charge in [-0.2, -0.15) is 0 Å². The van der Waals surface area contributed by atoms with E-state index in [4.69, 9.17) is 5.73 Å². The Hall–Kier alpha value is -1.66. The molecule has 100 valence electrons. The van der Waals surface area contributed by atoms with Gasteiger partial charge in [0.1, 0.15) is 5.75 Å². The van der Waals surface area contributed by atoms with E-state index in [9.17, 15) is 9.00 Å². The lowest BCUT2D eigenvalue weighted by molar-refractivity contribution is -0.115. The third-order valence-electron chi connectivity index (χ3n) is 2.63. The second kappa shape index (κ2) is 5.99. The summed E-state index contributed by atoms with van der Waals surface area (Å²) < 4.78 is 12.7. The van der Waals surface area contributed by atoms with Gasteiger partial charge in [0.15, 0.2) is 0 Å². The van der Waals surface area contributed by atoms with Crippen molar-refractivity contribution in [3.05, 3.63) is 41.8 Å². The zero-order valence-corrected chi connectivity index (χ0v) is 12.0. The molecule has 1 aromatic carbocycles. The highest BCUT2D eigenvalue weighted by atomic mass is 32.2. The maximum atomic E-state index is 12.0. The number of rotatable bonds is 4. The second-order valence-corrected chi connectivity index (χ2v) is 6.59. The van der Waals surface area contributed by atoms with Crippen LogP contribution in [0.25, 0.3) is 0 Å². The molecule has 1 amide bonds. The first-order chi connectivity index (χ1) is 9.08. The fourth-order valence-electron chi connectivity index (χ4n) is 1.52. The van der Waals surface area contributed by atoms with E-state index in [1.54, 1.807) is 37.4 Å². The predicted octanol–water partition coefficient (Wildman–Crippen LogP) is 2.10. The molecule has 6 heteroatoms. The van der Waals surface area contributed by atoms with Crippen LogP contribution in [-0.2, 0) is 15.6 Å². The van der Waals surface area contributed by atoms with Crippen LogP contribution in [0.5, 0.6) is 0 Å². The zero-order chi connectivity index (χ0) is 13.8. The number of anilines is 2. The van der Waals surface area contributed by atoms with Crippen LogP contribution in [-0.4, -0.2) is 22.9 Å². The Kier molecular flexibility index (Phi) is 4.34. The van der Waals surface area contributed by atoms with E-state index >= 15 is 0 Å². The highest BCUT2D eigenvalue weighted by Gasteiger charge is 2.16. The molecule has 0 radical (unpaired) electrons. The topological polar surface area (TPSA) is 63.4 Å². The van der Waals surface area contributed by atoms with Crippen molar-refractivity contribution in [3.63, 3.8) is 0 Å². The normalized spacial score (nSPS) is 12.1. The van der Waals surface area contributed by atoms with Gasteiger partial charge in [0.05, 0.1) is 15.0 Å². The number of benzene rings is 1. The molecule has 0 fully saturated rings. The molecule has 2 N–H and O–H groups in total. The van der Waals surface area contributed by atoms with Crippen LogP contribution in [0.1, 0.15) is 0 Å². The average Bonchev–Trinajstić information content (AvgIpc) is 2.92. The summed E-state index contributed by atoms with van der Waals surface area (Å²) in [5, 5.41) is 1.85. The average molecular weight is 294 g/mol. The number of amides is 1. The molecule has 1 heterocycles. The SMILES string of the molecule is CN(C(=O)CS(=O)c1cccs1)c1ccc(N)cc1. The molecule has 19 heavy (non-hydrogen) atoms. The van der Waals surface area contributed by atoms with Crippen LogP contribution in [0.4, 0.5) is 11.4 Å². The molecule has 0 saturated carbocycles. The van der Waals surface area contributed by atoms with Gasteiger partial charge in [0.25, 0.3) is 0 Å². The molecule has 2 rings (SSSR count). The Morgan fingerprint density at radius 2 is 2.00 bits per heavy atom. The van der Waals surface area contributed by atoms with Crippen molar-refractivity contribution in [3.8, 4) is 0 Å². The number of thiophene rings is 1. The molecule has 1 unspecified atom stereocenters. The maximum Gasteiger partial charge on any atom is 0.239 e. The van der Waals surface area contributed by atoms with E-state index in [0.29, 0.717) is 5.69 Å². The van der Waals surface area contributed by atoms with Gasteiger partial charge < -0.3 is 10.6 Å². The van der Waals surface area contributed by atoms with Gasteiger partial charge >= 0.3 is 0 Å². The number of nitrogen functional groups attached to an aromatic ring is 1. The number of nitrogens with two attached hydrogens (primary N) is 1. The minimum absolute atomic E-state index is 0.0125. The van der Waals surface area contributed by atoms with Crippen molar-refractivity contribution >= 4 is 39.4 Å². The molecule has 0 aliphatic carbocycles. The molecule has 0 spiro atoms. The van der Waals surface area contributed by atoms with Crippen molar-refractivity contribution in [2.45, 2.75) is 4.21 Å². The van der Waals surface area contributed by atoms with E-state index in [-0.39, 0.29) is 11.7 Å². The quantitative estimate of drug-likeness (QED) is 0.878. The first-order valence-electron chi connectivity index (χ1n) is 5.62. The van der Waals surface area contributed by atoms with Gasteiger partial charge in [0.2, 0.25) is 5.91 Å². The first-order valence-corrected chi connectivity index (χ1v) is 7.82. The van der Waals surface area contributed by atoms with Gasteiger partial charge in [-0.05, 0) is 35.7 Å². The van der Waals surface area contributed by atoms with Crippen LogP contribution >= 0.6 is 11.3 Å². The summed E-state index contributed by atoms with van der Waals surface area (Å²) in [4.78, 5) is 13.5. The Balaban J connectivity index is 2.03. The lowest BCUT2D eigenvalue weighted by Crippen LogP contribution is -2.30. The first kappa shape index (κ1) is 13.8. The van der Waals surface area contributed by atoms with E-state index in [1.807, 2.05) is 11.4 Å². The number of carbonyl (C=O) groups excluding carboxylic acids is 1. The van der Waals surface area contributed by atoms with E-state index in [2.05, 4.69) is 0 Å². The Morgan fingerprint density at radius 3 is 2.58 bits per heavy atom. The molecule has 1 atom stereocenters. The van der Waals surface area contributed by atoms with Crippen LogP contribution < -0.4 is 10.6 Å². The molecule has 4 nitrogen and oxygen atoms in total. The third-order valence-corrected chi connectivity index (χ3v) is 5.23. The number of nitrogens with zero attached hydrogens (tertiary/aromatic N) is 1. The van der Waals surface area contributed by atoms with Gasteiger partial charge in [-0.3, -0.25) is 9.00 Å². The van der Waals surface area contributed by atoms with Crippen LogP contribution in [0.3, 0.4) is 0 Å². The monoisotopic (exact) mass is 294 g/mol. The standard InChI is InChI=1S/C13H14N2O2S2/c1-15(11-6-4-10(14)5-7-11)12(16)9-19(17)13-3-2-8-18-13/h2-8H,9,14H2,1H3. The Morgan fingerprint density at radius 1 is 1.32 bits per heavy atom. The van der Waals surface area contributed by atoms with E-state index in [1.165, 1.54) is 16.2 Å². The minimum Gasteiger partial charge on any atom is -0.399 e. The predicted molar refractivity (Wildman–Crippen MR) is 79.9 cm³/mol. The summed E-state index contributed by atoms with van der Waals surface area (Å²) in [5.41, 5.74) is 6.98. The summed E-state index contributed by atoms with van der Waals surface area (Å²) in [6.45, 7) is 0.